The van der Waals surface area contributed by atoms with Crippen LogP contribution in [0.2, 0.25) is 0 Å². The predicted molar refractivity (Wildman–Crippen MR) is 83.9 cm³/mol. The second-order valence-corrected chi connectivity index (χ2v) is 5.76. The van der Waals surface area contributed by atoms with Crippen LogP contribution >= 0.6 is 0 Å². The lowest BCUT2D eigenvalue weighted by molar-refractivity contribution is 0.251. The van der Waals surface area contributed by atoms with Gasteiger partial charge in [0.05, 0.1) is 6.04 Å². The SMILES string of the molecule is O=C(NCCCc1ncn[nH]1)Nc1ncn(C2CCCCC2)n1. The van der Waals surface area contributed by atoms with Gasteiger partial charge in [-0.15, -0.1) is 5.10 Å². The van der Waals surface area contributed by atoms with Gasteiger partial charge in [-0.3, -0.25) is 10.4 Å². The molecule has 9 heteroatoms. The number of carbonyl (C=O) groups is 1. The molecule has 124 valence electrons. The molecule has 2 aromatic rings. The highest BCUT2D eigenvalue weighted by Crippen LogP contribution is 2.27. The quantitative estimate of drug-likeness (QED) is 0.701. The first-order chi connectivity index (χ1) is 11.3. The van der Waals surface area contributed by atoms with Gasteiger partial charge in [0.25, 0.3) is 0 Å². The van der Waals surface area contributed by atoms with Crippen LogP contribution in [0.25, 0.3) is 0 Å². The summed E-state index contributed by atoms with van der Waals surface area (Å²) in [6, 6.07) is 0.126. The Bertz CT molecular complexity index is 602. The van der Waals surface area contributed by atoms with Gasteiger partial charge in [-0.2, -0.15) is 5.10 Å². The lowest BCUT2D eigenvalue weighted by atomic mass is 9.96. The van der Waals surface area contributed by atoms with Crippen LogP contribution in [0.5, 0.6) is 0 Å². The molecule has 0 atom stereocenters. The first kappa shape index (κ1) is 15.4. The normalized spacial score (nSPS) is 15.5. The van der Waals surface area contributed by atoms with Crippen molar-refractivity contribution >= 4 is 12.0 Å². The summed E-state index contributed by atoms with van der Waals surface area (Å²) >= 11 is 0. The number of aromatic nitrogens is 6. The molecule has 1 aliphatic rings. The van der Waals surface area contributed by atoms with Gasteiger partial charge in [-0.1, -0.05) is 19.3 Å². The highest BCUT2D eigenvalue weighted by atomic mass is 16.2. The highest BCUT2D eigenvalue weighted by Gasteiger charge is 2.17. The summed E-state index contributed by atoms with van der Waals surface area (Å²) in [5, 5.41) is 16.4. The molecule has 2 amide bonds. The van der Waals surface area contributed by atoms with E-state index in [0.29, 0.717) is 18.5 Å². The number of urea groups is 1. The predicted octanol–water partition coefficient (Wildman–Crippen LogP) is 1.66. The Kier molecular flexibility index (Phi) is 5.17. The maximum atomic E-state index is 11.8. The molecule has 0 spiro atoms. The third-order valence-electron chi connectivity index (χ3n) is 4.02. The second-order valence-electron chi connectivity index (χ2n) is 5.76. The van der Waals surface area contributed by atoms with E-state index in [1.165, 1.54) is 25.6 Å². The first-order valence-corrected chi connectivity index (χ1v) is 8.11. The molecule has 2 heterocycles. The third kappa shape index (κ3) is 4.51. The minimum Gasteiger partial charge on any atom is -0.338 e. The summed E-state index contributed by atoms with van der Waals surface area (Å²) in [6.07, 6.45) is 10.7. The molecule has 2 aromatic heterocycles. The van der Waals surface area contributed by atoms with E-state index in [9.17, 15) is 4.79 Å². The Labute approximate surface area is 134 Å². The van der Waals surface area contributed by atoms with Crippen LogP contribution < -0.4 is 10.6 Å². The van der Waals surface area contributed by atoms with Gasteiger partial charge < -0.3 is 5.32 Å². The van der Waals surface area contributed by atoms with Crippen molar-refractivity contribution in [3.05, 3.63) is 18.5 Å². The van der Waals surface area contributed by atoms with E-state index in [4.69, 9.17) is 0 Å². The van der Waals surface area contributed by atoms with Crippen molar-refractivity contribution in [1.29, 1.82) is 0 Å². The summed E-state index contributed by atoms with van der Waals surface area (Å²) in [4.78, 5) is 20.0. The molecule has 3 rings (SSSR count). The second kappa shape index (κ2) is 7.70. The zero-order valence-electron chi connectivity index (χ0n) is 13.0. The fraction of sp³-hybridized carbons (Fsp3) is 0.643. The van der Waals surface area contributed by atoms with Crippen LogP contribution in [-0.4, -0.2) is 42.5 Å². The molecule has 0 aromatic carbocycles. The number of nitrogens with one attached hydrogen (secondary N) is 3. The summed E-state index contributed by atoms with van der Waals surface area (Å²) in [5.74, 6) is 1.17. The van der Waals surface area contributed by atoms with Crippen LogP contribution in [0.4, 0.5) is 10.7 Å². The monoisotopic (exact) mass is 318 g/mol. The number of nitrogens with zero attached hydrogens (tertiary/aromatic N) is 5. The summed E-state index contributed by atoms with van der Waals surface area (Å²) in [7, 11) is 0. The number of aryl methyl sites for hydroxylation is 1. The van der Waals surface area contributed by atoms with E-state index in [0.717, 1.165) is 31.5 Å². The number of anilines is 1. The van der Waals surface area contributed by atoms with Crippen molar-refractivity contribution < 1.29 is 4.79 Å². The van der Waals surface area contributed by atoms with Crippen molar-refractivity contribution in [1.82, 2.24) is 35.3 Å². The van der Waals surface area contributed by atoms with E-state index in [1.807, 2.05) is 4.68 Å². The molecule has 3 N–H and O–H groups in total. The van der Waals surface area contributed by atoms with Crippen LogP contribution in [-0.2, 0) is 6.42 Å². The highest BCUT2D eigenvalue weighted by molar-refractivity contribution is 5.87. The Morgan fingerprint density at radius 2 is 2.17 bits per heavy atom. The van der Waals surface area contributed by atoms with E-state index in [2.05, 4.69) is 35.9 Å². The summed E-state index contributed by atoms with van der Waals surface area (Å²) < 4.78 is 1.87. The smallest absolute Gasteiger partial charge is 0.321 e. The van der Waals surface area contributed by atoms with Crippen LogP contribution in [0.15, 0.2) is 12.7 Å². The maximum Gasteiger partial charge on any atom is 0.321 e. The Morgan fingerprint density at radius 3 is 2.96 bits per heavy atom. The van der Waals surface area contributed by atoms with Crippen molar-refractivity contribution in [2.45, 2.75) is 51.0 Å². The van der Waals surface area contributed by atoms with Gasteiger partial charge in [-0.25, -0.2) is 19.4 Å². The Hall–Kier alpha value is -2.45. The fourth-order valence-electron chi connectivity index (χ4n) is 2.81. The molecule has 1 aliphatic carbocycles. The minimum absolute atomic E-state index is 0.288. The molecular weight excluding hydrogens is 296 g/mol. The molecule has 0 saturated heterocycles. The van der Waals surface area contributed by atoms with Crippen molar-refractivity contribution in [2.75, 3.05) is 11.9 Å². The van der Waals surface area contributed by atoms with Gasteiger partial charge in [-0.05, 0) is 19.3 Å². The van der Waals surface area contributed by atoms with Crippen LogP contribution in [0.1, 0.15) is 50.4 Å². The number of aromatic amines is 1. The zero-order chi connectivity index (χ0) is 15.9. The summed E-state index contributed by atoms with van der Waals surface area (Å²) in [5.41, 5.74) is 0. The van der Waals surface area contributed by atoms with Crippen molar-refractivity contribution in [3.8, 4) is 0 Å². The van der Waals surface area contributed by atoms with E-state index < -0.39 is 0 Å². The van der Waals surface area contributed by atoms with Gasteiger partial charge in [0.1, 0.15) is 18.5 Å². The largest absolute Gasteiger partial charge is 0.338 e. The number of rotatable bonds is 6. The van der Waals surface area contributed by atoms with Crippen molar-refractivity contribution in [2.24, 2.45) is 0 Å². The Balaban J connectivity index is 1.38. The van der Waals surface area contributed by atoms with Crippen LogP contribution in [0, 0.1) is 0 Å². The molecule has 0 bridgehead atoms. The average Bonchev–Trinajstić information content (AvgIpc) is 3.24. The van der Waals surface area contributed by atoms with Crippen LogP contribution in [0.3, 0.4) is 0 Å². The Morgan fingerprint density at radius 1 is 1.30 bits per heavy atom. The molecular formula is C14H22N8O. The number of amides is 2. The van der Waals surface area contributed by atoms with Gasteiger partial charge in [0.15, 0.2) is 0 Å². The van der Waals surface area contributed by atoms with Gasteiger partial charge in [0.2, 0.25) is 5.95 Å². The molecule has 23 heavy (non-hydrogen) atoms. The first-order valence-electron chi connectivity index (χ1n) is 8.11. The van der Waals surface area contributed by atoms with E-state index in [1.54, 1.807) is 6.33 Å². The molecule has 1 fully saturated rings. The minimum atomic E-state index is -0.288. The van der Waals surface area contributed by atoms with E-state index in [-0.39, 0.29) is 6.03 Å². The molecule has 0 aliphatic heterocycles. The molecule has 1 saturated carbocycles. The number of carbonyl (C=O) groups excluding carboxylic acids is 1. The van der Waals surface area contributed by atoms with Gasteiger partial charge in [0, 0.05) is 13.0 Å². The van der Waals surface area contributed by atoms with Crippen molar-refractivity contribution in [3.63, 3.8) is 0 Å². The van der Waals surface area contributed by atoms with E-state index >= 15 is 0 Å². The standard InChI is InChI=1S/C14H22N8O/c23-14(15-8-4-7-12-16-9-18-20-12)19-13-17-10-22(21-13)11-5-2-1-3-6-11/h9-11H,1-8H2,(H,16,18,20)(H2,15,19,21,23). The maximum absolute atomic E-state index is 11.8. The molecule has 0 radical (unpaired) electrons. The lowest BCUT2D eigenvalue weighted by Gasteiger charge is -2.21. The van der Waals surface area contributed by atoms with Gasteiger partial charge >= 0.3 is 6.03 Å². The number of H-pyrrole nitrogens is 1. The molecule has 9 nitrogen and oxygen atoms in total. The zero-order valence-corrected chi connectivity index (χ0v) is 13.0. The molecule has 0 unspecified atom stereocenters. The third-order valence-corrected chi connectivity index (χ3v) is 4.02. The topological polar surface area (TPSA) is 113 Å². The average molecular weight is 318 g/mol. The fourth-order valence-corrected chi connectivity index (χ4v) is 2.81. The lowest BCUT2D eigenvalue weighted by Crippen LogP contribution is -2.30. The number of hydrogen-bond donors (Lipinski definition) is 3. The summed E-state index contributed by atoms with van der Waals surface area (Å²) in [6.45, 7) is 0.551. The number of hydrogen-bond acceptors (Lipinski definition) is 5.